The summed E-state index contributed by atoms with van der Waals surface area (Å²) in [5.74, 6) is -2.51. The minimum Gasteiger partial charge on any atom is -0.478 e. The zero-order valence-corrected chi connectivity index (χ0v) is 12.0. The van der Waals surface area contributed by atoms with Gasteiger partial charge in [-0.2, -0.15) is 0 Å². The monoisotopic (exact) mass is 273 g/mol. The average molecular weight is 273 g/mol. The Morgan fingerprint density at radius 1 is 0.947 bits per heavy atom. The van der Waals surface area contributed by atoms with Crippen LogP contribution in [-0.4, -0.2) is 28.2 Å². The highest BCUT2D eigenvalue weighted by Gasteiger charge is 1.99. The molecule has 0 aliphatic heterocycles. The molecule has 0 saturated carbocycles. The lowest BCUT2D eigenvalue weighted by Crippen LogP contribution is -2.19. The summed E-state index contributed by atoms with van der Waals surface area (Å²) in [6, 6.07) is 0.474. The summed E-state index contributed by atoms with van der Waals surface area (Å²) in [7, 11) is 0. The minimum atomic E-state index is -1.26. The largest absolute Gasteiger partial charge is 0.478 e. The summed E-state index contributed by atoms with van der Waals surface area (Å²) in [6.07, 6.45) is 10.1. The second kappa shape index (κ2) is 14.7. The van der Waals surface area contributed by atoms with E-state index in [-0.39, 0.29) is 0 Å². The second-order valence-electron chi connectivity index (χ2n) is 4.41. The number of rotatable bonds is 9. The fourth-order valence-corrected chi connectivity index (χ4v) is 1.41. The van der Waals surface area contributed by atoms with Gasteiger partial charge in [0.2, 0.25) is 0 Å². The number of nitrogens with two attached hydrogens (primary N) is 1. The van der Waals surface area contributed by atoms with Crippen LogP contribution in [0.1, 0.15) is 58.8 Å². The van der Waals surface area contributed by atoms with Crippen molar-refractivity contribution in [2.45, 2.75) is 64.8 Å². The number of carboxylic acids is 2. The van der Waals surface area contributed by atoms with Crippen molar-refractivity contribution in [3.63, 3.8) is 0 Å². The van der Waals surface area contributed by atoms with Gasteiger partial charge in [0.1, 0.15) is 0 Å². The second-order valence-corrected chi connectivity index (χ2v) is 4.41. The summed E-state index contributed by atoms with van der Waals surface area (Å²) in [4.78, 5) is 19.1. The van der Waals surface area contributed by atoms with Gasteiger partial charge in [0.05, 0.1) is 0 Å². The Kier molecular flexibility index (Phi) is 15.4. The third kappa shape index (κ3) is 22.3. The van der Waals surface area contributed by atoms with Crippen molar-refractivity contribution in [2.24, 2.45) is 5.73 Å². The lowest BCUT2D eigenvalue weighted by atomic mass is 10.0. The van der Waals surface area contributed by atoms with Crippen molar-refractivity contribution >= 4 is 11.9 Å². The molecule has 0 fully saturated rings. The predicted octanol–water partition coefficient (Wildman–Crippen LogP) is 2.80. The summed E-state index contributed by atoms with van der Waals surface area (Å²) < 4.78 is 0. The van der Waals surface area contributed by atoms with Gasteiger partial charge in [-0.05, 0) is 12.8 Å². The lowest BCUT2D eigenvalue weighted by molar-refractivity contribution is -0.134. The molecule has 0 radical (unpaired) electrons. The number of carboxylic acid groups (broad SMARTS) is 2. The molecule has 0 aliphatic carbocycles. The van der Waals surface area contributed by atoms with Crippen molar-refractivity contribution in [2.75, 3.05) is 0 Å². The van der Waals surface area contributed by atoms with Crippen LogP contribution in [-0.2, 0) is 9.59 Å². The van der Waals surface area contributed by atoms with E-state index in [2.05, 4.69) is 13.8 Å². The van der Waals surface area contributed by atoms with Gasteiger partial charge >= 0.3 is 11.9 Å². The molecule has 0 bridgehead atoms. The first-order valence-electron chi connectivity index (χ1n) is 6.83. The zero-order chi connectivity index (χ0) is 15.1. The highest BCUT2D eigenvalue weighted by molar-refractivity contribution is 5.89. The van der Waals surface area contributed by atoms with E-state index in [9.17, 15) is 9.59 Å². The van der Waals surface area contributed by atoms with Gasteiger partial charge in [-0.1, -0.05) is 46.0 Å². The first-order chi connectivity index (χ1) is 8.93. The number of hydrogen-bond acceptors (Lipinski definition) is 3. The van der Waals surface area contributed by atoms with Crippen LogP contribution in [0.15, 0.2) is 12.2 Å². The molecule has 0 rings (SSSR count). The Morgan fingerprint density at radius 3 is 1.74 bits per heavy atom. The van der Waals surface area contributed by atoms with E-state index in [0.717, 1.165) is 0 Å². The Morgan fingerprint density at radius 2 is 1.37 bits per heavy atom. The maximum absolute atomic E-state index is 9.55. The van der Waals surface area contributed by atoms with Gasteiger partial charge in [-0.15, -0.1) is 0 Å². The van der Waals surface area contributed by atoms with Crippen LogP contribution in [0.4, 0.5) is 0 Å². The Hall–Kier alpha value is -1.36. The van der Waals surface area contributed by atoms with Crippen LogP contribution in [0.5, 0.6) is 0 Å². The van der Waals surface area contributed by atoms with E-state index < -0.39 is 11.9 Å². The molecule has 0 aliphatic rings. The fraction of sp³-hybridized carbons (Fsp3) is 0.714. The number of unbranched alkanes of at least 4 members (excludes halogenated alkanes) is 3. The summed E-state index contributed by atoms with van der Waals surface area (Å²) in [6.45, 7) is 4.45. The molecule has 0 saturated heterocycles. The van der Waals surface area contributed by atoms with Crippen LogP contribution in [0, 0.1) is 0 Å². The van der Waals surface area contributed by atoms with Crippen LogP contribution in [0.25, 0.3) is 0 Å². The maximum atomic E-state index is 9.55. The van der Waals surface area contributed by atoms with Crippen LogP contribution in [0.2, 0.25) is 0 Å². The molecule has 1 unspecified atom stereocenters. The van der Waals surface area contributed by atoms with E-state index in [4.69, 9.17) is 15.9 Å². The average Bonchev–Trinajstić information content (AvgIpc) is 2.35. The molecule has 1 atom stereocenters. The molecular formula is C14H27NO4. The zero-order valence-electron chi connectivity index (χ0n) is 12.0. The van der Waals surface area contributed by atoms with Gasteiger partial charge in [-0.3, -0.25) is 0 Å². The van der Waals surface area contributed by atoms with E-state index in [1.54, 1.807) is 0 Å². The lowest BCUT2D eigenvalue weighted by Gasteiger charge is -2.09. The standard InChI is InChI=1S/C10H23N.C4H4O4/c1-3-5-7-9-10(11)8-6-4-2;5-3(6)1-2-4(7)8/h10H,3-9,11H2,1-2H3;1-2H,(H,5,6)(H,7,8)/b;2-1+. The molecule has 0 spiro atoms. The molecule has 5 heteroatoms. The van der Waals surface area contributed by atoms with Crippen molar-refractivity contribution in [3.8, 4) is 0 Å². The molecule has 0 heterocycles. The highest BCUT2D eigenvalue weighted by Crippen LogP contribution is 2.07. The SMILES string of the molecule is CCCCCC(N)CCCC.O=C(O)/C=C/C(=O)O. The van der Waals surface area contributed by atoms with Gasteiger partial charge < -0.3 is 15.9 Å². The topological polar surface area (TPSA) is 101 Å². The predicted molar refractivity (Wildman–Crippen MR) is 76.1 cm³/mol. The maximum Gasteiger partial charge on any atom is 0.328 e. The summed E-state index contributed by atoms with van der Waals surface area (Å²) in [5.41, 5.74) is 5.90. The van der Waals surface area contributed by atoms with E-state index in [1.807, 2.05) is 0 Å². The van der Waals surface area contributed by atoms with Crippen molar-refractivity contribution in [3.05, 3.63) is 12.2 Å². The van der Waals surface area contributed by atoms with Crippen molar-refractivity contribution in [1.82, 2.24) is 0 Å². The van der Waals surface area contributed by atoms with Crippen molar-refractivity contribution in [1.29, 1.82) is 0 Å². The van der Waals surface area contributed by atoms with Crippen LogP contribution in [0.3, 0.4) is 0 Å². The first kappa shape index (κ1) is 20.0. The van der Waals surface area contributed by atoms with E-state index in [0.29, 0.717) is 18.2 Å². The third-order valence-electron chi connectivity index (χ3n) is 2.48. The number of carbonyl (C=O) groups is 2. The molecular weight excluding hydrogens is 246 g/mol. The van der Waals surface area contributed by atoms with Gasteiger partial charge in [0.25, 0.3) is 0 Å². The third-order valence-corrected chi connectivity index (χ3v) is 2.48. The normalized spacial score (nSPS) is 11.7. The number of hydrogen-bond donors (Lipinski definition) is 3. The Balaban J connectivity index is 0. The molecule has 0 aromatic heterocycles. The molecule has 0 aromatic rings. The van der Waals surface area contributed by atoms with Gasteiger partial charge in [0.15, 0.2) is 0 Å². The van der Waals surface area contributed by atoms with Crippen molar-refractivity contribution < 1.29 is 19.8 Å². The Labute approximate surface area is 115 Å². The van der Waals surface area contributed by atoms with E-state index in [1.165, 1.54) is 44.9 Å². The van der Waals surface area contributed by atoms with Gasteiger partial charge in [-0.25, -0.2) is 9.59 Å². The fourth-order valence-electron chi connectivity index (χ4n) is 1.41. The van der Waals surface area contributed by atoms with Crippen LogP contribution < -0.4 is 5.73 Å². The minimum absolute atomic E-state index is 0.474. The van der Waals surface area contributed by atoms with Crippen LogP contribution >= 0.6 is 0 Å². The molecule has 5 nitrogen and oxygen atoms in total. The molecule has 112 valence electrons. The quantitative estimate of drug-likeness (QED) is 0.443. The molecule has 0 aromatic carbocycles. The Bertz CT molecular complexity index is 248. The molecule has 19 heavy (non-hydrogen) atoms. The summed E-state index contributed by atoms with van der Waals surface area (Å²) >= 11 is 0. The summed E-state index contributed by atoms with van der Waals surface area (Å²) in [5, 5.41) is 15.6. The highest BCUT2D eigenvalue weighted by atomic mass is 16.4. The smallest absolute Gasteiger partial charge is 0.328 e. The van der Waals surface area contributed by atoms with E-state index >= 15 is 0 Å². The van der Waals surface area contributed by atoms with Gasteiger partial charge in [0, 0.05) is 18.2 Å². The number of aliphatic carboxylic acids is 2. The first-order valence-corrected chi connectivity index (χ1v) is 6.83. The molecule has 0 amide bonds. The molecule has 4 N–H and O–H groups in total.